The number of amides is 1. The van der Waals surface area contributed by atoms with Gasteiger partial charge in [0.25, 0.3) is 0 Å². The highest BCUT2D eigenvalue weighted by atomic mass is 32.2. The number of aromatic nitrogens is 3. The molecule has 1 heterocycles. The van der Waals surface area contributed by atoms with Gasteiger partial charge in [-0.1, -0.05) is 86.6 Å². The molecule has 0 saturated carbocycles. The lowest BCUT2D eigenvalue weighted by atomic mass is 9.87. The van der Waals surface area contributed by atoms with Crippen LogP contribution in [0.4, 0.5) is 0 Å². The summed E-state index contributed by atoms with van der Waals surface area (Å²) in [5.74, 6) is 0.782. The number of carbonyl (C=O) groups is 1. The summed E-state index contributed by atoms with van der Waals surface area (Å²) in [4.78, 5) is 12.5. The van der Waals surface area contributed by atoms with Crippen molar-refractivity contribution in [2.24, 2.45) is 7.05 Å². The van der Waals surface area contributed by atoms with Gasteiger partial charge in [-0.3, -0.25) is 4.79 Å². The van der Waals surface area contributed by atoms with Crippen molar-refractivity contribution in [2.45, 2.75) is 57.0 Å². The Morgan fingerprint density at radius 1 is 1.07 bits per heavy atom. The largest absolute Gasteiger partial charge is 0.351 e. The SMILES string of the molecule is Cc1ccc(CNC(=O)[C@@H](C)Sc2nnc(-c3ccc(C(C)(C)C)cc3)n2C)cc1. The number of benzene rings is 2. The van der Waals surface area contributed by atoms with Crippen molar-refractivity contribution in [2.75, 3.05) is 0 Å². The number of rotatable bonds is 6. The van der Waals surface area contributed by atoms with Gasteiger partial charge in [0.15, 0.2) is 11.0 Å². The van der Waals surface area contributed by atoms with Crippen molar-refractivity contribution in [3.63, 3.8) is 0 Å². The van der Waals surface area contributed by atoms with Crippen molar-refractivity contribution in [1.29, 1.82) is 0 Å². The normalized spacial score (nSPS) is 12.6. The summed E-state index contributed by atoms with van der Waals surface area (Å²) in [5.41, 5.74) is 4.70. The van der Waals surface area contributed by atoms with E-state index in [-0.39, 0.29) is 16.6 Å². The predicted octanol–water partition coefficient (Wildman–Crippen LogP) is 4.89. The maximum absolute atomic E-state index is 12.5. The highest BCUT2D eigenvalue weighted by Crippen LogP contribution is 2.28. The van der Waals surface area contributed by atoms with Crippen molar-refractivity contribution < 1.29 is 4.79 Å². The predicted molar refractivity (Wildman–Crippen MR) is 123 cm³/mol. The van der Waals surface area contributed by atoms with Crippen LogP contribution in [0.5, 0.6) is 0 Å². The molecule has 5 nitrogen and oxygen atoms in total. The summed E-state index contributed by atoms with van der Waals surface area (Å²) in [7, 11) is 1.94. The lowest BCUT2D eigenvalue weighted by molar-refractivity contribution is -0.120. The zero-order chi connectivity index (χ0) is 21.9. The third-order valence-corrected chi connectivity index (χ3v) is 6.22. The Morgan fingerprint density at radius 2 is 1.70 bits per heavy atom. The van der Waals surface area contributed by atoms with Crippen LogP contribution in [0.25, 0.3) is 11.4 Å². The Bertz CT molecular complexity index is 1000. The van der Waals surface area contributed by atoms with Gasteiger partial charge in [-0.2, -0.15) is 0 Å². The van der Waals surface area contributed by atoms with Crippen LogP contribution in [0.15, 0.2) is 53.7 Å². The molecule has 0 aliphatic rings. The van der Waals surface area contributed by atoms with Crippen molar-refractivity contribution in [1.82, 2.24) is 20.1 Å². The Morgan fingerprint density at radius 3 is 2.30 bits per heavy atom. The zero-order valence-corrected chi connectivity index (χ0v) is 19.4. The fourth-order valence-corrected chi connectivity index (χ4v) is 3.88. The summed E-state index contributed by atoms with van der Waals surface area (Å²) in [5, 5.41) is 12.1. The number of thioether (sulfide) groups is 1. The second-order valence-electron chi connectivity index (χ2n) is 8.66. The van der Waals surface area contributed by atoms with Gasteiger partial charge >= 0.3 is 0 Å². The van der Waals surface area contributed by atoms with Crippen LogP contribution in [0.1, 0.15) is 44.4 Å². The first kappa shape index (κ1) is 22.1. The Hall–Kier alpha value is -2.60. The van der Waals surface area contributed by atoms with E-state index in [2.05, 4.69) is 79.6 Å². The van der Waals surface area contributed by atoms with Crippen LogP contribution in [-0.4, -0.2) is 25.9 Å². The quantitative estimate of drug-likeness (QED) is 0.575. The molecular weight excluding hydrogens is 392 g/mol. The maximum atomic E-state index is 12.5. The van der Waals surface area contributed by atoms with E-state index in [1.54, 1.807) is 0 Å². The molecule has 0 radical (unpaired) electrons. The minimum atomic E-state index is -0.269. The van der Waals surface area contributed by atoms with E-state index < -0.39 is 0 Å². The number of nitrogens with one attached hydrogen (secondary N) is 1. The lowest BCUT2D eigenvalue weighted by Gasteiger charge is -2.19. The summed E-state index contributed by atoms with van der Waals surface area (Å²) in [6.45, 7) is 11.1. The van der Waals surface area contributed by atoms with Gasteiger partial charge in [-0.15, -0.1) is 10.2 Å². The third kappa shape index (κ3) is 5.30. The van der Waals surface area contributed by atoms with Crippen LogP contribution < -0.4 is 5.32 Å². The molecule has 0 unspecified atom stereocenters. The van der Waals surface area contributed by atoms with Crippen LogP contribution in [0, 0.1) is 6.92 Å². The minimum absolute atomic E-state index is 0.0142. The molecule has 30 heavy (non-hydrogen) atoms. The summed E-state index contributed by atoms with van der Waals surface area (Å²) in [6, 6.07) is 16.6. The first-order valence-corrected chi connectivity index (χ1v) is 11.0. The van der Waals surface area contributed by atoms with Crippen LogP contribution >= 0.6 is 11.8 Å². The molecule has 3 aromatic rings. The molecule has 1 atom stereocenters. The van der Waals surface area contributed by atoms with Crippen molar-refractivity contribution >= 4 is 17.7 Å². The van der Waals surface area contributed by atoms with E-state index in [4.69, 9.17) is 0 Å². The van der Waals surface area contributed by atoms with Crippen molar-refractivity contribution in [3.8, 4) is 11.4 Å². The zero-order valence-electron chi connectivity index (χ0n) is 18.6. The summed E-state index contributed by atoms with van der Waals surface area (Å²) < 4.78 is 1.94. The average molecular weight is 423 g/mol. The monoisotopic (exact) mass is 422 g/mol. The molecule has 0 bridgehead atoms. The van der Waals surface area contributed by atoms with Gasteiger partial charge in [-0.25, -0.2) is 0 Å². The van der Waals surface area contributed by atoms with Crippen molar-refractivity contribution in [3.05, 3.63) is 65.2 Å². The van der Waals surface area contributed by atoms with Crippen LogP contribution in [0.2, 0.25) is 0 Å². The van der Waals surface area contributed by atoms with E-state index >= 15 is 0 Å². The molecule has 3 rings (SSSR count). The molecule has 0 fully saturated rings. The van der Waals surface area contributed by atoms with E-state index in [1.807, 2.05) is 30.7 Å². The molecule has 1 amide bonds. The minimum Gasteiger partial charge on any atom is -0.351 e. The maximum Gasteiger partial charge on any atom is 0.233 e. The Labute approximate surface area is 183 Å². The fourth-order valence-electron chi connectivity index (χ4n) is 3.04. The van der Waals surface area contributed by atoms with E-state index in [1.165, 1.54) is 22.9 Å². The molecule has 0 aliphatic heterocycles. The number of aryl methyl sites for hydroxylation is 1. The van der Waals surface area contributed by atoms with Gasteiger partial charge in [0.1, 0.15) is 0 Å². The van der Waals surface area contributed by atoms with E-state index in [9.17, 15) is 4.79 Å². The van der Waals surface area contributed by atoms with Crippen LogP contribution in [0.3, 0.4) is 0 Å². The smallest absolute Gasteiger partial charge is 0.233 e. The third-order valence-electron chi connectivity index (χ3n) is 5.08. The second kappa shape index (κ2) is 9.04. The standard InChI is InChI=1S/C24H30N4OS/c1-16-7-9-18(10-8-16)15-25-22(29)17(2)30-23-27-26-21(28(23)6)19-11-13-20(14-12-19)24(3,4)5/h7-14,17H,15H2,1-6H3,(H,25,29)/t17-/m1/s1. The molecule has 0 aliphatic carbocycles. The molecule has 1 N–H and O–H groups in total. The molecular formula is C24H30N4OS. The molecule has 6 heteroatoms. The molecule has 0 spiro atoms. The second-order valence-corrected chi connectivity index (χ2v) is 9.96. The molecule has 2 aromatic carbocycles. The van der Waals surface area contributed by atoms with Gasteiger partial charge in [0.2, 0.25) is 5.91 Å². The first-order chi connectivity index (χ1) is 14.1. The number of hydrogen-bond donors (Lipinski definition) is 1. The van der Waals surface area contributed by atoms with Gasteiger partial charge in [0.05, 0.1) is 5.25 Å². The van der Waals surface area contributed by atoms with Gasteiger partial charge in [0, 0.05) is 19.2 Å². The Balaban J connectivity index is 1.63. The Kier molecular flexibility index (Phi) is 6.66. The van der Waals surface area contributed by atoms with E-state index in [0.717, 1.165) is 22.1 Å². The number of nitrogens with zero attached hydrogens (tertiary/aromatic N) is 3. The highest BCUT2D eigenvalue weighted by molar-refractivity contribution is 8.00. The first-order valence-electron chi connectivity index (χ1n) is 10.2. The van der Waals surface area contributed by atoms with E-state index in [0.29, 0.717) is 6.54 Å². The molecule has 0 saturated heterocycles. The molecule has 158 valence electrons. The lowest BCUT2D eigenvalue weighted by Crippen LogP contribution is -2.30. The topological polar surface area (TPSA) is 59.8 Å². The highest BCUT2D eigenvalue weighted by Gasteiger charge is 2.20. The average Bonchev–Trinajstić information content (AvgIpc) is 3.07. The summed E-state index contributed by atoms with van der Waals surface area (Å²) in [6.07, 6.45) is 0. The summed E-state index contributed by atoms with van der Waals surface area (Å²) >= 11 is 1.42. The fraction of sp³-hybridized carbons (Fsp3) is 0.375. The van der Waals surface area contributed by atoms with Crippen LogP contribution in [-0.2, 0) is 23.8 Å². The molecule has 1 aromatic heterocycles. The number of carbonyl (C=O) groups excluding carboxylic acids is 1. The van der Waals surface area contributed by atoms with Gasteiger partial charge < -0.3 is 9.88 Å². The number of hydrogen-bond acceptors (Lipinski definition) is 4. The van der Waals surface area contributed by atoms with Gasteiger partial charge in [-0.05, 0) is 30.4 Å².